The highest BCUT2D eigenvalue weighted by molar-refractivity contribution is 6.02. The Balaban J connectivity index is 1.85. The van der Waals surface area contributed by atoms with Gasteiger partial charge in [0.15, 0.2) is 12.4 Å². The van der Waals surface area contributed by atoms with Crippen molar-refractivity contribution in [1.82, 2.24) is 4.90 Å². The van der Waals surface area contributed by atoms with Crippen molar-refractivity contribution in [2.75, 3.05) is 26.8 Å². The summed E-state index contributed by atoms with van der Waals surface area (Å²) >= 11 is 0. The van der Waals surface area contributed by atoms with Crippen molar-refractivity contribution >= 4 is 17.7 Å². The van der Waals surface area contributed by atoms with Crippen LogP contribution in [0, 0.1) is 5.92 Å². The van der Waals surface area contributed by atoms with E-state index in [1.54, 1.807) is 12.1 Å². The number of esters is 1. The molecular weight excluding hydrogens is 274 g/mol. The van der Waals surface area contributed by atoms with Crippen LogP contribution in [0.4, 0.5) is 0 Å². The minimum Gasteiger partial charge on any atom is -0.484 e. The fourth-order valence-corrected chi connectivity index (χ4v) is 2.18. The predicted molar refractivity (Wildman–Crippen MR) is 73.6 cm³/mol. The molecule has 1 aliphatic rings. The van der Waals surface area contributed by atoms with Gasteiger partial charge in [0.1, 0.15) is 11.7 Å². The lowest BCUT2D eigenvalue weighted by Crippen LogP contribution is -2.48. The molecule has 1 aromatic carbocycles. The molecule has 1 amide bonds. The van der Waals surface area contributed by atoms with Crippen LogP contribution in [0.15, 0.2) is 30.3 Å². The molecule has 0 saturated carbocycles. The molecule has 0 aliphatic carbocycles. The summed E-state index contributed by atoms with van der Waals surface area (Å²) < 4.78 is 9.93. The second-order valence-electron chi connectivity index (χ2n) is 4.75. The third-order valence-corrected chi connectivity index (χ3v) is 3.37. The molecular formula is C15H17NO5. The van der Waals surface area contributed by atoms with Crippen LogP contribution in [0.5, 0.6) is 5.75 Å². The summed E-state index contributed by atoms with van der Waals surface area (Å²) in [6.45, 7) is 0.152. The summed E-state index contributed by atoms with van der Waals surface area (Å²) in [5.41, 5.74) is 0. The molecule has 0 N–H and O–H groups in total. The maximum absolute atomic E-state index is 12.0. The Hall–Kier alpha value is -2.37. The molecule has 0 radical (unpaired) electrons. The lowest BCUT2D eigenvalue weighted by atomic mass is 9.95. The zero-order valence-corrected chi connectivity index (χ0v) is 11.8. The molecule has 0 bridgehead atoms. The molecule has 0 spiro atoms. The summed E-state index contributed by atoms with van der Waals surface area (Å²) in [7, 11) is 1.25. The summed E-state index contributed by atoms with van der Waals surface area (Å²) in [5.74, 6) is -1.25. The van der Waals surface area contributed by atoms with Crippen molar-refractivity contribution < 1.29 is 23.9 Å². The van der Waals surface area contributed by atoms with Gasteiger partial charge in [-0.05, 0) is 18.6 Å². The van der Waals surface area contributed by atoms with E-state index in [4.69, 9.17) is 4.74 Å². The van der Waals surface area contributed by atoms with E-state index in [0.717, 1.165) is 0 Å². The van der Waals surface area contributed by atoms with Gasteiger partial charge in [0.25, 0.3) is 5.91 Å². The number of likely N-dealkylation sites (tertiary alicyclic amines) is 1. The van der Waals surface area contributed by atoms with Crippen LogP contribution in [0.25, 0.3) is 0 Å². The van der Waals surface area contributed by atoms with Crippen LogP contribution in [0.3, 0.4) is 0 Å². The van der Waals surface area contributed by atoms with Crippen molar-refractivity contribution in [2.45, 2.75) is 6.42 Å². The Morgan fingerprint density at radius 3 is 2.62 bits per heavy atom. The average molecular weight is 291 g/mol. The van der Waals surface area contributed by atoms with Crippen LogP contribution in [0.2, 0.25) is 0 Å². The van der Waals surface area contributed by atoms with E-state index in [1.165, 1.54) is 12.0 Å². The van der Waals surface area contributed by atoms with E-state index >= 15 is 0 Å². The second kappa shape index (κ2) is 6.88. The number of benzene rings is 1. The highest BCUT2D eigenvalue weighted by atomic mass is 16.5. The Labute approximate surface area is 122 Å². The van der Waals surface area contributed by atoms with Crippen molar-refractivity contribution in [3.8, 4) is 5.75 Å². The topological polar surface area (TPSA) is 72.9 Å². The number of methoxy groups -OCH3 is 1. The van der Waals surface area contributed by atoms with Crippen LogP contribution >= 0.6 is 0 Å². The fourth-order valence-electron chi connectivity index (χ4n) is 2.18. The maximum Gasteiger partial charge on any atom is 0.316 e. The molecule has 1 fully saturated rings. The van der Waals surface area contributed by atoms with Gasteiger partial charge in [-0.15, -0.1) is 0 Å². The number of hydrogen-bond donors (Lipinski definition) is 0. The molecule has 0 aromatic heterocycles. The third kappa shape index (κ3) is 3.81. The van der Waals surface area contributed by atoms with Gasteiger partial charge in [-0.25, -0.2) is 0 Å². The number of rotatable bonds is 4. The zero-order valence-electron chi connectivity index (χ0n) is 11.8. The molecule has 1 saturated heterocycles. The van der Waals surface area contributed by atoms with E-state index in [9.17, 15) is 14.4 Å². The number of amides is 1. The standard InChI is InChI=1S/C15H17NO5/c1-20-15(19)12-7-8-16(9-13(12)17)14(18)10-21-11-5-3-2-4-6-11/h2-6,12H,7-10H2,1H3. The highest BCUT2D eigenvalue weighted by Gasteiger charge is 2.34. The van der Waals surface area contributed by atoms with E-state index in [2.05, 4.69) is 4.74 Å². The molecule has 1 aromatic rings. The monoisotopic (exact) mass is 291 g/mol. The van der Waals surface area contributed by atoms with Crippen molar-refractivity contribution in [3.63, 3.8) is 0 Å². The number of Topliss-reactive ketones (excluding diaryl/α,β-unsaturated/α-hetero) is 1. The van der Waals surface area contributed by atoms with Crippen molar-refractivity contribution in [1.29, 1.82) is 0 Å². The molecule has 1 atom stereocenters. The summed E-state index contributed by atoms with van der Waals surface area (Å²) in [4.78, 5) is 36.6. The normalized spacial score (nSPS) is 18.2. The number of piperidine rings is 1. The molecule has 6 nitrogen and oxygen atoms in total. The minimum absolute atomic E-state index is 0.0727. The smallest absolute Gasteiger partial charge is 0.316 e. The van der Waals surface area contributed by atoms with Crippen LogP contribution in [-0.4, -0.2) is 49.4 Å². The fraction of sp³-hybridized carbons (Fsp3) is 0.400. The first-order chi connectivity index (χ1) is 10.1. The predicted octanol–water partition coefficient (Wildman–Crippen LogP) is 0.656. The van der Waals surface area contributed by atoms with Gasteiger partial charge in [0.2, 0.25) is 0 Å². The van der Waals surface area contributed by atoms with E-state index < -0.39 is 11.9 Å². The Morgan fingerprint density at radius 1 is 1.29 bits per heavy atom. The average Bonchev–Trinajstić information content (AvgIpc) is 2.52. The van der Waals surface area contributed by atoms with Crippen molar-refractivity contribution in [2.24, 2.45) is 5.92 Å². The lowest BCUT2D eigenvalue weighted by Gasteiger charge is -2.29. The van der Waals surface area contributed by atoms with E-state index in [0.29, 0.717) is 18.7 Å². The van der Waals surface area contributed by atoms with Gasteiger partial charge in [-0.1, -0.05) is 18.2 Å². The van der Waals surface area contributed by atoms with E-state index in [-0.39, 0.29) is 24.8 Å². The number of nitrogens with zero attached hydrogens (tertiary/aromatic N) is 1. The first-order valence-corrected chi connectivity index (χ1v) is 6.68. The number of para-hydroxylation sites is 1. The number of carbonyl (C=O) groups excluding carboxylic acids is 3. The van der Waals surface area contributed by atoms with Crippen LogP contribution in [-0.2, 0) is 19.1 Å². The quantitative estimate of drug-likeness (QED) is 0.602. The van der Waals surface area contributed by atoms with Crippen LogP contribution < -0.4 is 4.74 Å². The molecule has 1 heterocycles. The van der Waals surface area contributed by atoms with Gasteiger partial charge in [0.05, 0.1) is 13.7 Å². The number of hydrogen-bond acceptors (Lipinski definition) is 5. The summed E-state index contributed by atoms with van der Waals surface area (Å²) in [5, 5.41) is 0. The molecule has 112 valence electrons. The van der Waals surface area contributed by atoms with Crippen LogP contribution in [0.1, 0.15) is 6.42 Å². The molecule has 1 aliphatic heterocycles. The van der Waals surface area contributed by atoms with Gasteiger partial charge in [-0.2, -0.15) is 0 Å². The first-order valence-electron chi connectivity index (χ1n) is 6.68. The Morgan fingerprint density at radius 2 is 2.00 bits per heavy atom. The molecule has 6 heteroatoms. The molecule has 21 heavy (non-hydrogen) atoms. The zero-order chi connectivity index (χ0) is 15.2. The number of ether oxygens (including phenoxy) is 2. The molecule has 1 unspecified atom stereocenters. The highest BCUT2D eigenvalue weighted by Crippen LogP contribution is 2.16. The number of ketones is 1. The summed E-state index contributed by atoms with van der Waals surface area (Å²) in [6.07, 6.45) is 0.294. The van der Waals surface area contributed by atoms with Gasteiger partial charge in [-0.3, -0.25) is 14.4 Å². The number of carbonyl (C=O) groups is 3. The van der Waals surface area contributed by atoms with E-state index in [1.807, 2.05) is 18.2 Å². The SMILES string of the molecule is COC(=O)C1CCN(C(=O)COc2ccccc2)CC1=O. The third-order valence-electron chi connectivity index (χ3n) is 3.37. The van der Waals surface area contributed by atoms with Crippen molar-refractivity contribution in [3.05, 3.63) is 30.3 Å². The van der Waals surface area contributed by atoms with Gasteiger partial charge in [0, 0.05) is 6.54 Å². The summed E-state index contributed by atoms with van der Waals surface area (Å²) in [6, 6.07) is 8.98. The maximum atomic E-state index is 12.0. The lowest BCUT2D eigenvalue weighted by molar-refractivity contribution is -0.154. The first kappa shape index (κ1) is 15.0. The van der Waals surface area contributed by atoms with Gasteiger partial charge >= 0.3 is 5.97 Å². The second-order valence-corrected chi connectivity index (χ2v) is 4.75. The minimum atomic E-state index is -0.755. The van der Waals surface area contributed by atoms with Gasteiger partial charge < -0.3 is 14.4 Å². The Bertz CT molecular complexity index is 528. The molecule has 2 rings (SSSR count). The largest absolute Gasteiger partial charge is 0.484 e. The Kier molecular flexibility index (Phi) is 4.92.